The van der Waals surface area contributed by atoms with Gasteiger partial charge in [0.05, 0.1) is 6.42 Å². The number of oxime groups is 1. The largest absolute Gasteiger partial charge is 0.409 e. The lowest BCUT2D eigenvalue weighted by molar-refractivity contribution is -0.121. The summed E-state index contributed by atoms with van der Waals surface area (Å²) in [6.07, 6.45) is 7.14. The van der Waals surface area contributed by atoms with Gasteiger partial charge in [0.25, 0.3) is 0 Å². The fraction of sp³-hybridized carbons (Fsp3) is 0.833. The van der Waals surface area contributed by atoms with Gasteiger partial charge in [-0.2, -0.15) is 0 Å². The van der Waals surface area contributed by atoms with E-state index in [1.165, 1.54) is 32.1 Å². The van der Waals surface area contributed by atoms with Crippen LogP contribution in [0.1, 0.15) is 51.9 Å². The van der Waals surface area contributed by atoms with Gasteiger partial charge in [-0.1, -0.05) is 31.3 Å². The molecule has 0 bridgehead atoms. The second-order valence-corrected chi connectivity index (χ2v) is 4.75. The highest BCUT2D eigenvalue weighted by Crippen LogP contribution is 2.27. The van der Waals surface area contributed by atoms with Crippen molar-refractivity contribution in [2.75, 3.05) is 0 Å². The Bertz CT molecular complexity index is 273. The molecule has 4 N–H and O–H groups in total. The molecule has 0 saturated heterocycles. The van der Waals surface area contributed by atoms with Crippen LogP contribution in [-0.2, 0) is 4.79 Å². The summed E-state index contributed by atoms with van der Waals surface area (Å²) in [7, 11) is 0. The van der Waals surface area contributed by atoms with Crippen LogP contribution in [0.25, 0.3) is 0 Å². The van der Waals surface area contributed by atoms with Gasteiger partial charge in [-0.25, -0.2) is 0 Å². The van der Waals surface area contributed by atoms with Gasteiger partial charge in [-0.05, 0) is 25.2 Å². The van der Waals surface area contributed by atoms with E-state index in [0.29, 0.717) is 5.92 Å². The van der Waals surface area contributed by atoms with Gasteiger partial charge < -0.3 is 16.3 Å². The summed E-state index contributed by atoms with van der Waals surface area (Å²) in [5.74, 6) is 0.392. The Morgan fingerprint density at radius 2 is 2.12 bits per heavy atom. The van der Waals surface area contributed by atoms with Crippen molar-refractivity contribution in [2.24, 2.45) is 16.8 Å². The Balaban J connectivity index is 2.42. The van der Waals surface area contributed by atoms with E-state index in [2.05, 4.69) is 17.4 Å². The summed E-state index contributed by atoms with van der Waals surface area (Å²) in [6.45, 7) is 2.09. The molecule has 1 amide bonds. The molecule has 1 rings (SSSR count). The van der Waals surface area contributed by atoms with E-state index >= 15 is 0 Å². The second kappa shape index (κ2) is 7.14. The Morgan fingerprint density at radius 3 is 2.65 bits per heavy atom. The first-order valence-corrected chi connectivity index (χ1v) is 6.43. The van der Waals surface area contributed by atoms with Crippen LogP contribution >= 0.6 is 0 Å². The van der Waals surface area contributed by atoms with Crippen LogP contribution < -0.4 is 11.1 Å². The van der Waals surface area contributed by atoms with Crippen molar-refractivity contribution in [2.45, 2.75) is 57.9 Å². The summed E-state index contributed by atoms with van der Waals surface area (Å²) in [5.41, 5.74) is 5.31. The van der Waals surface area contributed by atoms with E-state index < -0.39 is 0 Å². The molecule has 98 valence electrons. The molecule has 17 heavy (non-hydrogen) atoms. The van der Waals surface area contributed by atoms with Crippen LogP contribution in [0.4, 0.5) is 0 Å². The summed E-state index contributed by atoms with van der Waals surface area (Å²) >= 11 is 0. The average molecular weight is 241 g/mol. The number of rotatable bonds is 5. The molecule has 5 nitrogen and oxygen atoms in total. The van der Waals surface area contributed by atoms with E-state index in [1.54, 1.807) is 0 Å². The first-order chi connectivity index (χ1) is 8.17. The van der Waals surface area contributed by atoms with Crippen molar-refractivity contribution >= 4 is 11.7 Å². The second-order valence-electron chi connectivity index (χ2n) is 4.75. The third-order valence-electron chi connectivity index (χ3n) is 3.48. The average Bonchev–Trinajstić information content (AvgIpc) is 2.36. The molecule has 0 aromatic rings. The standard InChI is InChI=1S/C12H23N3O2/c1-2-10(9-6-4-3-5-7-9)14-12(16)8-11(13)15-17/h9-10,17H,2-8H2,1H3,(H2,13,15)(H,14,16). The number of nitrogens with zero attached hydrogens (tertiary/aromatic N) is 1. The third kappa shape index (κ3) is 4.63. The zero-order chi connectivity index (χ0) is 12.7. The lowest BCUT2D eigenvalue weighted by Gasteiger charge is -2.30. The smallest absolute Gasteiger partial charge is 0.227 e. The topological polar surface area (TPSA) is 87.7 Å². The first-order valence-electron chi connectivity index (χ1n) is 6.43. The van der Waals surface area contributed by atoms with E-state index in [4.69, 9.17) is 10.9 Å². The quantitative estimate of drug-likeness (QED) is 0.296. The first kappa shape index (κ1) is 13.8. The molecule has 0 radical (unpaired) electrons. The lowest BCUT2D eigenvalue weighted by atomic mass is 9.83. The van der Waals surface area contributed by atoms with Crippen molar-refractivity contribution in [1.29, 1.82) is 0 Å². The van der Waals surface area contributed by atoms with Crippen LogP contribution in [0.5, 0.6) is 0 Å². The van der Waals surface area contributed by atoms with Crippen molar-refractivity contribution in [3.05, 3.63) is 0 Å². The van der Waals surface area contributed by atoms with E-state index in [0.717, 1.165) is 6.42 Å². The predicted octanol–water partition coefficient (Wildman–Crippen LogP) is 1.60. The fourth-order valence-corrected chi connectivity index (χ4v) is 2.55. The number of nitrogens with two attached hydrogens (primary N) is 1. The number of amides is 1. The lowest BCUT2D eigenvalue weighted by Crippen LogP contribution is -2.42. The summed E-state index contributed by atoms with van der Waals surface area (Å²) in [5, 5.41) is 14.2. The maximum atomic E-state index is 11.6. The van der Waals surface area contributed by atoms with Crippen LogP contribution in [-0.4, -0.2) is 23.0 Å². The molecule has 1 fully saturated rings. The molecule has 0 heterocycles. The van der Waals surface area contributed by atoms with Crippen LogP contribution in [0, 0.1) is 5.92 Å². The molecule has 1 aliphatic carbocycles. The zero-order valence-electron chi connectivity index (χ0n) is 10.5. The molecule has 0 aliphatic heterocycles. The molecule has 1 atom stereocenters. The minimum atomic E-state index is -0.155. The highest BCUT2D eigenvalue weighted by atomic mass is 16.4. The fourth-order valence-electron chi connectivity index (χ4n) is 2.55. The van der Waals surface area contributed by atoms with Gasteiger partial charge >= 0.3 is 0 Å². The highest BCUT2D eigenvalue weighted by molar-refractivity contribution is 5.98. The maximum Gasteiger partial charge on any atom is 0.227 e. The van der Waals surface area contributed by atoms with Crippen molar-refractivity contribution in [3.8, 4) is 0 Å². The molecule has 0 spiro atoms. The minimum Gasteiger partial charge on any atom is -0.409 e. The summed E-state index contributed by atoms with van der Waals surface area (Å²) < 4.78 is 0. The van der Waals surface area contributed by atoms with Gasteiger partial charge in [0.15, 0.2) is 0 Å². The Kier molecular flexibility index (Phi) is 5.80. The minimum absolute atomic E-state index is 0.0281. The van der Waals surface area contributed by atoms with Crippen molar-refractivity contribution in [1.82, 2.24) is 5.32 Å². The van der Waals surface area contributed by atoms with Crippen LogP contribution in [0.2, 0.25) is 0 Å². The third-order valence-corrected chi connectivity index (χ3v) is 3.48. The molecule has 0 aromatic carbocycles. The number of nitrogens with one attached hydrogen (secondary N) is 1. The van der Waals surface area contributed by atoms with Gasteiger partial charge in [-0.15, -0.1) is 0 Å². The molecule has 5 heteroatoms. The van der Waals surface area contributed by atoms with Crippen molar-refractivity contribution in [3.63, 3.8) is 0 Å². The van der Waals surface area contributed by atoms with E-state index in [1.807, 2.05) is 0 Å². The van der Waals surface area contributed by atoms with Gasteiger partial charge in [0, 0.05) is 6.04 Å². The summed E-state index contributed by atoms with van der Waals surface area (Å²) in [6, 6.07) is 0.231. The van der Waals surface area contributed by atoms with E-state index in [9.17, 15) is 4.79 Å². The number of carbonyl (C=O) groups is 1. The summed E-state index contributed by atoms with van der Waals surface area (Å²) in [4.78, 5) is 11.6. The molecule has 0 aromatic heterocycles. The Morgan fingerprint density at radius 1 is 1.47 bits per heavy atom. The zero-order valence-corrected chi connectivity index (χ0v) is 10.5. The maximum absolute atomic E-state index is 11.6. The van der Waals surface area contributed by atoms with Gasteiger partial charge in [0.2, 0.25) is 5.91 Å². The normalized spacial score (nSPS) is 19.9. The van der Waals surface area contributed by atoms with Gasteiger partial charge in [0.1, 0.15) is 5.84 Å². The van der Waals surface area contributed by atoms with Crippen LogP contribution in [0.3, 0.4) is 0 Å². The Hall–Kier alpha value is -1.26. The molecule has 1 saturated carbocycles. The number of hydrogen-bond donors (Lipinski definition) is 3. The molecule has 1 unspecified atom stereocenters. The number of hydrogen-bond acceptors (Lipinski definition) is 3. The van der Waals surface area contributed by atoms with E-state index in [-0.39, 0.29) is 24.2 Å². The van der Waals surface area contributed by atoms with Gasteiger partial charge in [-0.3, -0.25) is 4.79 Å². The Labute approximate surface area is 102 Å². The SMILES string of the molecule is CCC(NC(=O)C/C(N)=N/O)C1CCCCC1. The molecular weight excluding hydrogens is 218 g/mol. The predicted molar refractivity (Wildman–Crippen MR) is 66.8 cm³/mol. The number of carbonyl (C=O) groups excluding carboxylic acids is 1. The highest BCUT2D eigenvalue weighted by Gasteiger charge is 2.23. The van der Waals surface area contributed by atoms with Crippen LogP contribution in [0.15, 0.2) is 5.16 Å². The molecule has 1 aliphatic rings. The van der Waals surface area contributed by atoms with Crippen molar-refractivity contribution < 1.29 is 10.0 Å². The number of amidine groups is 1. The molecular formula is C12H23N3O2. The monoisotopic (exact) mass is 241 g/mol.